The molecule has 0 amide bonds. The number of likely N-dealkylation sites (N-methyl/N-ethyl adjacent to an activating group) is 1. The molecular formula is C13H22N2O2. The highest BCUT2D eigenvalue weighted by Crippen LogP contribution is 2.26. The highest BCUT2D eigenvalue weighted by molar-refractivity contribution is 5.06. The first kappa shape index (κ1) is 12.6. The molecule has 1 fully saturated rings. The topological polar surface area (TPSA) is 48.6 Å². The van der Waals surface area contributed by atoms with Crippen molar-refractivity contribution < 1.29 is 9.52 Å². The Kier molecular flexibility index (Phi) is 4.20. The second-order valence-electron chi connectivity index (χ2n) is 4.90. The lowest BCUT2D eigenvalue weighted by molar-refractivity contribution is 0.233. The van der Waals surface area contributed by atoms with Crippen LogP contribution in [0.3, 0.4) is 0 Å². The highest BCUT2D eigenvalue weighted by atomic mass is 16.4. The molecule has 4 nitrogen and oxygen atoms in total. The predicted octanol–water partition coefficient (Wildman–Crippen LogP) is 1.34. The summed E-state index contributed by atoms with van der Waals surface area (Å²) >= 11 is 0. The summed E-state index contributed by atoms with van der Waals surface area (Å²) in [6.45, 7) is 3.90. The van der Waals surface area contributed by atoms with Gasteiger partial charge in [0.2, 0.25) is 0 Å². The summed E-state index contributed by atoms with van der Waals surface area (Å²) in [5.41, 5.74) is 0. The smallest absolute Gasteiger partial charge is 0.129 e. The first-order chi connectivity index (χ1) is 8.20. The van der Waals surface area contributed by atoms with Gasteiger partial charge in [-0.05, 0) is 38.9 Å². The van der Waals surface area contributed by atoms with Gasteiger partial charge in [-0.25, -0.2) is 0 Å². The third kappa shape index (κ3) is 3.56. The van der Waals surface area contributed by atoms with Gasteiger partial charge >= 0.3 is 0 Å². The number of furan rings is 1. The number of hydrogen-bond acceptors (Lipinski definition) is 4. The molecule has 0 aromatic carbocycles. The van der Waals surface area contributed by atoms with Crippen molar-refractivity contribution in [1.82, 2.24) is 10.2 Å². The van der Waals surface area contributed by atoms with Gasteiger partial charge in [-0.2, -0.15) is 0 Å². The molecule has 1 aliphatic carbocycles. The Hall–Kier alpha value is -0.840. The molecule has 0 aliphatic heterocycles. The van der Waals surface area contributed by atoms with Crippen molar-refractivity contribution in [3.05, 3.63) is 23.7 Å². The first-order valence-electron chi connectivity index (χ1n) is 6.32. The van der Waals surface area contributed by atoms with Crippen molar-refractivity contribution in [1.29, 1.82) is 0 Å². The van der Waals surface area contributed by atoms with Crippen LogP contribution in [0.1, 0.15) is 31.3 Å². The fraction of sp³-hybridized carbons (Fsp3) is 0.692. The fourth-order valence-electron chi connectivity index (χ4n) is 1.99. The largest absolute Gasteiger partial charge is 0.462 e. The van der Waals surface area contributed by atoms with E-state index < -0.39 is 0 Å². The monoisotopic (exact) mass is 238 g/mol. The number of nitrogens with zero attached hydrogens (tertiary/aromatic N) is 1. The molecule has 17 heavy (non-hydrogen) atoms. The minimum Gasteiger partial charge on any atom is -0.462 e. The van der Waals surface area contributed by atoms with Crippen molar-refractivity contribution in [2.75, 3.05) is 13.6 Å². The zero-order valence-electron chi connectivity index (χ0n) is 10.6. The van der Waals surface area contributed by atoms with E-state index in [4.69, 9.17) is 9.52 Å². The zero-order valence-corrected chi connectivity index (χ0v) is 10.6. The third-order valence-corrected chi connectivity index (χ3v) is 3.43. The third-order valence-electron chi connectivity index (χ3n) is 3.43. The molecule has 1 aromatic rings. The van der Waals surface area contributed by atoms with E-state index in [2.05, 4.69) is 24.2 Å². The van der Waals surface area contributed by atoms with Crippen LogP contribution < -0.4 is 5.32 Å². The van der Waals surface area contributed by atoms with Gasteiger partial charge in [-0.1, -0.05) is 0 Å². The predicted molar refractivity (Wildman–Crippen MR) is 66.6 cm³/mol. The van der Waals surface area contributed by atoms with Gasteiger partial charge < -0.3 is 14.8 Å². The summed E-state index contributed by atoms with van der Waals surface area (Å²) in [5.74, 6) is 1.51. The minimum atomic E-state index is -0.0270. The van der Waals surface area contributed by atoms with E-state index in [0.717, 1.165) is 24.9 Å². The molecule has 0 bridgehead atoms. The van der Waals surface area contributed by atoms with Crippen molar-refractivity contribution in [2.45, 2.75) is 45.0 Å². The number of aliphatic hydroxyl groups is 1. The van der Waals surface area contributed by atoms with E-state index in [1.807, 2.05) is 12.1 Å². The van der Waals surface area contributed by atoms with Gasteiger partial charge in [-0.3, -0.25) is 4.90 Å². The van der Waals surface area contributed by atoms with Crippen LogP contribution in [0.15, 0.2) is 16.5 Å². The lowest BCUT2D eigenvalue weighted by atomic mass is 10.3. The normalized spacial score (nSPS) is 17.6. The zero-order chi connectivity index (χ0) is 12.3. The molecular weight excluding hydrogens is 216 g/mol. The fourth-order valence-corrected chi connectivity index (χ4v) is 1.99. The Labute approximate surface area is 103 Å². The average Bonchev–Trinajstić information content (AvgIpc) is 3.08. The van der Waals surface area contributed by atoms with E-state index in [1.54, 1.807) is 0 Å². The number of nitrogens with one attached hydrogen (secondary N) is 1. The van der Waals surface area contributed by atoms with Crippen LogP contribution in [-0.2, 0) is 13.2 Å². The number of hydrogen-bond donors (Lipinski definition) is 2. The second kappa shape index (κ2) is 5.67. The maximum Gasteiger partial charge on any atom is 0.129 e. The Morgan fingerprint density at radius 2 is 2.18 bits per heavy atom. The van der Waals surface area contributed by atoms with E-state index in [0.29, 0.717) is 11.8 Å². The molecule has 4 heteroatoms. The maximum absolute atomic E-state index is 8.88. The molecule has 1 heterocycles. The number of aliphatic hydroxyl groups excluding tert-OH is 1. The molecule has 0 spiro atoms. The lowest BCUT2D eigenvalue weighted by Crippen LogP contribution is -2.38. The minimum absolute atomic E-state index is 0.0270. The van der Waals surface area contributed by atoms with Crippen molar-refractivity contribution >= 4 is 0 Å². The van der Waals surface area contributed by atoms with Crippen LogP contribution in [0.2, 0.25) is 0 Å². The Balaban J connectivity index is 1.67. The average molecular weight is 238 g/mol. The van der Waals surface area contributed by atoms with Crippen LogP contribution in [0.25, 0.3) is 0 Å². The molecule has 1 aromatic heterocycles. The highest BCUT2D eigenvalue weighted by Gasteiger charge is 2.28. The second-order valence-corrected chi connectivity index (χ2v) is 4.90. The van der Waals surface area contributed by atoms with Gasteiger partial charge in [0.05, 0.1) is 6.54 Å². The van der Waals surface area contributed by atoms with Gasteiger partial charge in [0, 0.05) is 18.6 Å². The van der Waals surface area contributed by atoms with Crippen molar-refractivity contribution in [2.24, 2.45) is 0 Å². The lowest BCUT2D eigenvalue weighted by Gasteiger charge is -2.24. The summed E-state index contributed by atoms with van der Waals surface area (Å²) < 4.78 is 5.41. The quantitative estimate of drug-likeness (QED) is 0.752. The molecule has 1 aliphatic rings. The molecule has 1 unspecified atom stereocenters. The summed E-state index contributed by atoms with van der Waals surface area (Å²) in [6.07, 6.45) is 2.69. The summed E-state index contributed by atoms with van der Waals surface area (Å²) in [5, 5.41) is 12.3. The molecule has 1 saturated carbocycles. The Morgan fingerprint density at radius 1 is 1.47 bits per heavy atom. The SMILES string of the molecule is CC(CNCc1ccc(CO)o1)N(C)C1CC1. The van der Waals surface area contributed by atoms with E-state index >= 15 is 0 Å². The van der Waals surface area contributed by atoms with Crippen LogP contribution >= 0.6 is 0 Å². The van der Waals surface area contributed by atoms with Crippen molar-refractivity contribution in [3.8, 4) is 0 Å². The number of rotatable bonds is 7. The molecule has 96 valence electrons. The molecule has 0 saturated heterocycles. The summed E-state index contributed by atoms with van der Waals surface area (Å²) in [6, 6.07) is 5.08. The first-order valence-corrected chi connectivity index (χ1v) is 6.32. The van der Waals surface area contributed by atoms with Crippen LogP contribution in [0.5, 0.6) is 0 Å². The maximum atomic E-state index is 8.88. The van der Waals surface area contributed by atoms with Crippen LogP contribution in [-0.4, -0.2) is 35.7 Å². The summed E-state index contributed by atoms with van der Waals surface area (Å²) in [4.78, 5) is 2.44. The van der Waals surface area contributed by atoms with Gasteiger partial charge in [-0.15, -0.1) is 0 Å². The standard InChI is InChI=1S/C13H22N2O2/c1-10(15(2)11-3-4-11)7-14-8-12-5-6-13(9-16)17-12/h5-6,10-11,14,16H,3-4,7-9H2,1-2H3. The van der Waals surface area contributed by atoms with E-state index in [1.165, 1.54) is 12.8 Å². The van der Waals surface area contributed by atoms with Crippen LogP contribution in [0.4, 0.5) is 0 Å². The molecule has 0 radical (unpaired) electrons. The molecule has 2 rings (SSSR count). The van der Waals surface area contributed by atoms with E-state index in [9.17, 15) is 0 Å². The van der Waals surface area contributed by atoms with Gasteiger partial charge in [0.15, 0.2) is 0 Å². The van der Waals surface area contributed by atoms with Gasteiger partial charge in [0.25, 0.3) is 0 Å². The van der Waals surface area contributed by atoms with Crippen molar-refractivity contribution in [3.63, 3.8) is 0 Å². The Bertz CT molecular complexity index is 347. The van der Waals surface area contributed by atoms with E-state index in [-0.39, 0.29) is 6.61 Å². The van der Waals surface area contributed by atoms with Gasteiger partial charge in [0.1, 0.15) is 18.1 Å². The van der Waals surface area contributed by atoms with Crippen LogP contribution in [0, 0.1) is 0 Å². The summed E-state index contributed by atoms with van der Waals surface area (Å²) in [7, 11) is 2.20. The Morgan fingerprint density at radius 3 is 2.76 bits per heavy atom. The molecule has 1 atom stereocenters. The molecule has 2 N–H and O–H groups in total.